The molecule has 0 aliphatic rings. The summed E-state index contributed by atoms with van der Waals surface area (Å²) in [7, 11) is 2.58. The molecule has 158 valence electrons. The minimum atomic E-state index is -3.16. The van der Waals surface area contributed by atoms with E-state index in [-0.39, 0.29) is 0 Å². The van der Waals surface area contributed by atoms with Crippen molar-refractivity contribution in [3.63, 3.8) is 0 Å². The molecular weight excluding hydrogens is 427 g/mol. The van der Waals surface area contributed by atoms with Gasteiger partial charge in [-0.25, -0.2) is 8.77 Å². The third-order valence-electron chi connectivity index (χ3n) is 1.48. The minimum absolute atomic E-state index is 0.993. The molecule has 0 aromatic carbocycles. The van der Waals surface area contributed by atoms with Gasteiger partial charge < -0.3 is 0 Å². The molecule has 0 aromatic heterocycles. The van der Waals surface area contributed by atoms with Crippen LogP contribution in [0.2, 0.25) is 0 Å². The first kappa shape index (κ1) is 32.8. The van der Waals surface area contributed by atoms with E-state index in [0.717, 1.165) is 13.4 Å². The van der Waals surface area contributed by atoms with E-state index in [9.17, 15) is 21.4 Å². The van der Waals surface area contributed by atoms with Crippen molar-refractivity contribution in [3.05, 3.63) is 0 Å². The monoisotopic (exact) mass is 454 g/mol. The van der Waals surface area contributed by atoms with Gasteiger partial charge in [0.15, 0.2) is 11.1 Å². The van der Waals surface area contributed by atoms with Crippen LogP contribution in [0.3, 0.4) is 0 Å². The highest BCUT2D eigenvalue weighted by atomic mass is 32.2. The van der Waals surface area contributed by atoms with Crippen LogP contribution in [-0.4, -0.2) is 79.1 Å². The predicted molar refractivity (Wildman–Crippen MR) is 93.7 cm³/mol. The van der Waals surface area contributed by atoms with Crippen LogP contribution >= 0.6 is 7.82 Å². The van der Waals surface area contributed by atoms with Crippen LogP contribution in [0.15, 0.2) is 0 Å². The Labute approximate surface area is 154 Å². The second kappa shape index (κ2) is 20.5. The lowest BCUT2D eigenvalue weighted by Crippen LogP contribution is -1.95. The van der Waals surface area contributed by atoms with Crippen molar-refractivity contribution in [1.82, 2.24) is 0 Å². The average Bonchev–Trinajstić information content (AvgIpc) is 2.61. The molecule has 25 heavy (non-hydrogen) atoms. The van der Waals surface area contributed by atoms with Crippen LogP contribution in [0.25, 0.3) is 0 Å². The van der Waals surface area contributed by atoms with Crippen molar-refractivity contribution in [2.75, 3.05) is 62.3 Å². The van der Waals surface area contributed by atoms with Crippen molar-refractivity contribution in [3.8, 4) is 0 Å². The molecule has 0 rings (SSSR count). The van der Waals surface area contributed by atoms with Crippen LogP contribution in [0.5, 0.6) is 0 Å². The van der Waals surface area contributed by atoms with Gasteiger partial charge >= 0.3 is 19.2 Å². The van der Waals surface area contributed by atoms with E-state index in [1.165, 1.54) is 48.9 Å². The topological polar surface area (TPSA) is 150 Å². The van der Waals surface area contributed by atoms with Crippen LogP contribution in [0.1, 0.15) is 0 Å². The quantitative estimate of drug-likeness (QED) is 0.387. The standard InChI is InChI=1S/C3H9O4P.2C2H6O3S.C2H6O2S/c1-5-8(4,6-2)7-3;1-5-6(2,3)4;1-4-6(3)5-2;1-4-5(2)3/h1-3H3;2*1-2H3;1-2H3. The second-order valence-electron chi connectivity index (χ2n) is 2.97. The molecule has 0 bridgehead atoms. The molecule has 0 amide bonds. The lowest BCUT2D eigenvalue weighted by molar-refractivity contribution is 0.178. The molecule has 0 saturated carbocycles. The molecule has 0 N–H and O–H groups in total. The maximum atomic E-state index is 10.7. The molecule has 1 atom stereocenters. The van der Waals surface area contributed by atoms with Gasteiger partial charge in [0.25, 0.3) is 10.1 Å². The highest BCUT2D eigenvalue weighted by Gasteiger charge is 2.18. The maximum Gasteiger partial charge on any atom is 0.473 e. The largest absolute Gasteiger partial charge is 0.473 e. The Bertz CT molecular complexity index is 455. The van der Waals surface area contributed by atoms with E-state index in [4.69, 9.17) is 0 Å². The summed E-state index contributed by atoms with van der Waals surface area (Å²) < 4.78 is 79.2. The van der Waals surface area contributed by atoms with Crippen LogP contribution in [-0.2, 0) is 67.4 Å². The molecule has 0 fully saturated rings. The van der Waals surface area contributed by atoms with E-state index < -0.39 is 40.4 Å². The Morgan fingerprint density at radius 3 is 1.00 bits per heavy atom. The van der Waals surface area contributed by atoms with Crippen LogP contribution in [0.4, 0.5) is 0 Å². The molecule has 0 aromatic rings. The fourth-order valence-electron chi connectivity index (χ4n) is 0.292. The van der Waals surface area contributed by atoms with Crippen LogP contribution in [0, 0.1) is 0 Å². The highest BCUT2D eigenvalue weighted by molar-refractivity contribution is 7.85. The summed E-state index contributed by atoms with van der Waals surface area (Å²) in [6, 6.07) is 0. The van der Waals surface area contributed by atoms with E-state index >= 15 is 0 Å². The van der Waals surface area contributed by atoms with E-state index in [1.807, 2.05) is 0 Å². The van der Waals surface area contributed by atoms with Gasteiger partial charge in [0.05, 0.1) is 34.7 Å². The van der Waals surface area contributed by atoms with Crippen molar-refractivity contribution in [2.24, 2.45) is 0 Å². The Kier molecular flexibility index (Phi) is 26.9. The number of phosphoric ester groups is 1. The summed E-state index contributed by atoms with van der Waals surface area (Å²) >= 11 is -2.61. The number of rotatable bonds is 7. The Hall–Kier alpha value is 0.200. The first-order valence-electron chi connectivity index (χ1n) is 5.74. The summed E-state index contributed by atoms with van der Waals surface area (Å²) in [6.07, 6.45) is 2.47. The minimum Gasteiger partial charge on any atom is -0.294 e. The zero-order valence-corrected chi connectivity index (χ0v) is 18.9. The Balaban J connectivity index is -0.000000119. The first-order valence-corrected chi connectivity index (χ1v) is 11.5. The Morgan fingerprint density at radius 2 is 1.00 bits per heavy atom. The second-order valence-corrected chi connectivity index (χ2v) is 8.91. The molecule has 0 aliphatic carbocycles. The summed E-state index contributed by atoms with van der Waals surface area (Å²) in [6.45, 7) is 0. The highest BCUT2D eigenvalue weighted by Crippen LogP contribution is 2.46. The van der Waals surface area contributed by atoms with Gasteiger partial charge in [0.2, 0.25) is 0 Å². The molecular formula is C9H27O12PS3. The first-order chi connectivity index (χ1) is 11.3. The molecule has 16 heteroatoms. The average molecular weight is 454 g/mol. The Morgan fingerprint density at radius 1 is 0.760 bits per heavy atom. The molecule has 0 spiro atoms. The molecule has 0 heterocycles. The molecule has 1 unspecified atom stereocenters. The van der Waals surface area contributed by atoms with Crippen LogP contribution < -0.4 is 0 Å². The number of hydrogen-bond donors (Lipinski definition) is 0. The molecule has 0 saturated heterocycles. The van der Waals surface area contributed by atoms with Gasteiger partial charge in [0.1, 0.15) is 0 Å². The molecule has 0 aliphatic heterocycles. The van der Waals surface area contributed by atoms with Gasteiger partial charge in [-0.3, -0.25) is 30.3 Å². The van der Waals surface area contributed by atoms with E-state index in [2.05, 4.69) is 30.3 Å². The number of hydrogen-bond acceptors (Lipinski definition) is 12. The number of phosphoric acid groups is 1. The van der Waals surface area contributed by atoms with E-state index in [1.54, 1.807) is 0 Å². The predicted octanol–water partition coefficient (Wildman–Crippen LogP) is 0.410. The van der Waals surface area contributed by atoms with Gasteiger partial charge in [-0.1, -0.05) is 0 Å². The smallest absolute Gasteiger partial charge is 0.294 e. The van der Waals surface area contributed by atoms with Crippen molar-refractivity contribution < 1.29 is 51.7 Å². The summed E-state index contributed by atoms with van der Waals surface area (Å²) in [5, 5.41) is 0. The van der Waals surface area contributed by atoms with Crippen molar-refractivity contribution in [1.29, 1.82) is 0 Å². The third kappa shape index (κ3) is 36.0. The summed E-state index contributed by atoms with van der Waals surface area (Å²) in [4.78, 5) is 0. The maximum absolute atomic E-state index is 10.7. The van der Waals surface area contributed by atoms with Gasteiger partial charge in [-0.2, -0.15) is 12.6 Å². The summed E-state index contributed by atoms with van der Waals surface area (Å²) in [5.41, 5.74) is 0. The van der Waals surface area contributed by atoms with Crippen molar-refractivity contribution in [2.45, 2.75) is 0 Å². The summed E-state index contributed by atoms with van der Waals surface area (Å²) in [5.74, 6) is 0. The van der Waals surface area contributed by atoms with Crippen molar-refractivity contribution >= 4 is 40.4 Å². The molecule has 12 nitrogen and oxygen atoms in total. The zero-order chi connectivity index (χ0) is 21.1. The zero-order valence-electron chi connectivity index (χ0n) is 15.6. The fraction of sp³-hybridized carbons (Fsp3) is 1.00. The van der Waals surface area contributed by atoms with Gasteiger partial charge in [0, 0.05) is 27.6 Å². The molecule has 0 radical (unpaired) electrons. The van der Waals surface area contributed by atoms with E-state index in [0.29, 0.717) is 0 Å². The SMILES string of the molecule is COP(=O)(OC)OC.COS(=O)OC.COS(C)(=O)=O.COS(C)=O. The third-order valence-corrected chi connectivity index (χ3v) is 4.44. The lowest BCUT2D eigenvalue weighted by atomic mass is 11.8. The normalized spacial score (nSPS) is 11.9. The van der Waals surface area contributed by atoms with Gasteiger partial charge in [-0.05, 0) is 0 Å². The van der Waals surface area contributed by atoms with Gasteiger partial charge in [-0.15, -0.1) is 0 Å². The lowest BCUT2D eigenvalue weighted by Gasteiger charge is -2.08. The fourth-order valence-corrected chi connectivity index (χ4v) is 0.875.